The summed E-state index contributed by atoms with van der Waals surface area (Å²) in [5, 5.41) is 2.49. The lowest BCUT2D eigenvalue weighted by Crippen LogP contribution is -2.30. The quantitative estimate of drug-likeness (QED) is 0.915. The Morgan fingerprint density at radius 3 is 2.42 bits per heavy atom. The first kappa shape index (κ1) is 13.1. The third kappa shape index (κ3) is 3.55. The Morgan fingerprint density at radius 1 is 1.11 bits per heavy atom. The SMILES string of the molecule is C[C@@H](Oc1ccccc1)C(=O)Nc1ccccc1F. The van der Waals surface area contributed by atoms with Gasteiger partial charge in [-0.2, -0.15) is 0 Å². The largest absolute Gasteiger partial charge is 0.481 e. The number of benzene rings is 2. The van der Waals surface area contributed by atoms with E-state index in [1.54, 1.807) is 31.2 Å². The van der Waals surface area contributed by atoms with Crippen molar-refractivity contribution in [2.45, 2.75) is 13.0 Å². The van der Waals surface area contributed by atoms with Gasteiger partial charge in [-0.15, -0.1) is 0 Å². The van der Waals surface area contributed by atoms with Crippen molar-refractivity contribution >= 4 is 11.6 Å². The molecule has 1 N–H and O–H groups in total. The predicted molar refractivity (Wildman–Crippen MR) is 71.6 cm³/mol. The summed E-state index contributed by atoms with van der Waals surface area (Å²) in [6.45, 7) is 1.61. The molecule has 0 heterocycles. The molecule has 98 valence electrons. The Balaban J connectivity index is 1.99. The molecular formula is C15H14FNO2. The average molecular weight is 259 g/mol. The minimum atomic E-state index is -0.706. The van der Waals surface area contributed by atoms with Crippen LogP contribution in [0, 0.1) is 5.82 Å². The van der Waals surface area contributed by atoms with Crippen LogP contribution in [0.15, 0.2) is 54.6 Å². The molecule has 0 fully saturated rings. The van der Waals surface area contributed by atoms with Crippen molar-refractivity contribution < 1.29 is 13.9 Å². The number of carbonyl (C=O) groups is 1. The molecule has 2 rings (SSSR count). The van der Waals surface area contributed by atoms with Gasteiger partial charge >= 0.3 is 0 Å². The van der Waals surface area contributed by atoms with Crippen LogP contribution in [0.1, 0.15) is 6.92 Å². The van der Waals surface area contributed by atoms with E-state index >= 15 is 0 Å². The molecule has 0 spiro atoms. The minimum absolute atomic E-state index is 0.149. The number of anilines is 1. The first-order chi connectivity index (χ1) is 9.16. The number of hydrogen-bond donors (Lipinski definition) is 1. The zero-order valence-corrected chi connectivity index (χ0v) is 10.5. The Bertz CT molecular complexity index is 557. The fraction of sp³-hybridized carbons (Fsp3) is 0.133. The molecule has 0 bridgehead atoms. The molecule has 1 amide bonds. The van der Waals surface area contributed by atoms with Gasteiger partial charge in [0.05, 0.1) is 5.69 Å². The molecule has 3 nitrogen and oxygen atoms in total. The number of carbonyl (C=O) groups excluding carboxylic acids is 1. The second-order valence-electron chi connectivity index (χ2n) is 4.04. The molecule has 2 aromatic rings. The van der Waals surface area contributed by atoms with E-state index in [1.807, 2.05) is 18.2 Å². The molecule has 4 heteroatoms. The van der Waals surface area contributed by atoms with Gasteiger partial charge in [-0.05, 0) is 31.2 Å². The standard InChI is InChI=1S/C15H14FNO2/c1-11(19-12-7-3-2-4-8-12)15(18)17-14-10-6-5-9-13(14)16/h2-11H,1H3,(H,17,18)/t11-/m1/s1. The highest BCUT2D eigenvalue weighted by Crippen LogP contribution is 2.15. The van der Waals surface area contributed by atoms with Gasteiger partial charge in [0.15, 0.2) is 6.10 Å². The van der Waals surface area contributed by atoms with E-state index in [9.17, 15) is 9.18 Å². The van der Waals surface area contributed by atoms with E-state index in [-0.39, 0.29) is 5.69 Å². The highest BCUT2D eigenvalue weighted by Gasteiger charge is 2.15. The molecule has 0 radical (unpaired) electrons. The van der Waals surface area contributed by atoms with Gasteiger partial charge < -0.3 is 10.1 Å². The summed E-state index contributed by atoms with van der Waals surface area (Å²) in [4.78, 5) is 11.9. The number of para-hydroxylation sites is 2. The van der Waals surface area contributed by atoms with E-state index < -0.39 is 17.8 Å². The lowest BCUT2D eigenvalue weighted by Gasteiger charge is -2.14. The molecule has 19 heavy (non-hydrogen) atoms. The number of hydrogen-bond acceptors (Lipinski definition) is 2. The van der Waals surface area contributed by atoms with E-state index in [1.165, 1.54) is 12.1 Å². The lowest BCUT2D eigenvalue weighted by atomic mass is 10.3. The zero-order valence-electron chi connectivity index (χ0n) is 10.5. The van der Waals surface area contributed by atoms with E-state index in [4.69, 9.17) is 4.74 Å². The fourth-order valence-electron chi connectivity index (χ4n) is 1.55. The van der Waals surface area contributed by atoms with E-state index in [0.717, 1.165) is 0 Å². The van der Waals surface area contributed by atoms with Crippen LogP contribution in [-0.4, -0.2) is 12.0 Å². The molecule has 0 aliphatic carbocycles. The number of amides is 1. The van der Waals surface area contributed by atoms with Crippen LogP contribution in [0.25, 0.3) is 0 Å². The summed E-state index contributed by atoms with van der Waals surface area (Å²) < 4.78 is 18.8. The molecule has 0 saturated carbocycles. The summed E-state index contributed by atoms with van der Waals surface area (Å²) in [5.41, 5.74) is 0.149. The Labute approximate surface area is 111 Å². The van der Waals surface area contributed by atoms with Crippen molar-refractivity contribution in [2.24, 2.45) is 0 Å². The summed E-state index contributed by atoms with van der Waals surface area (Å²) >= 11 is 0. The highest BCUT2D eigenvalue weighted by atomic mass is 19.1. The molecule has 0 aliphatic heterocycles. The van der Waals surface area contributed by atoms with E-state index in [0.29, 0.717) is 5.75 Å². The van der Waals surface area contributed by atoms with Crippen LogP contribution < -0.4 is 10.1 Å². The molecule has 1 atom stereocenters. The third-order valence-corrected chi connectivity index (χ3v) is 2.56. The maximum atomic E-state index is 13.4. The van der Waals surface area contributed by atoms with Crippen LogP contribution in [0.2, 0.25) is 0 Å². The first-order valence-corrected chi connectivity index (χ1v) is 5.94. The second-order valence-corrected chi connectivity index (χ2v) is 4.04. The van der Waals surface area contributed by atoms with Gasteiger partial charge in [0.2, 0.25) is 0 Å². The van der Waals surface area contributed by atoms with Crippen molar-refractivity contribution in [3.63, 3.8) is 0 Å². The third-order valence-electron chi connectivity index (χ3n) is 2.56. The number of rotatable bonds is 4. The topological polar surface area (TPSA) is 38.3 Å². The monoisotopic (exact) mass is 259 g/mol. The van der Waals surface area contributed by atoms with Gasteiger partial charge in [-0.1, -0.05) is 30.3 Å². The van der Waals surface area contributed by atoms with Gasteiger partial charge in [0.25, 0.3) is 5.91 Å². The van der Waals surface area contributed by atoms with Gasteiger partial charge in [0.1, 0.15) is 11.6 Å². The van der Waals surface area contributed by atoms with Crippen molar-refractivity contribution in [2.75, 3.05) is 5.32 Å². The Kier molecular flexibility index (Phi) is 4.13. The maximum absolute atomic E-state index is 13.4. The summed E-state index contributed by atoms with van der Waals surface area (Å²) in [7, 11) is 0. The van der Waals surface area contributed by atoms with Crippen molar-refractivity contribution in [3.05, 3.63) is 60.4 Å². The van der Waals surface area contributed by atoms with E-state index in [2.05, 4.69) is 5.32 Å². The molecule has 2 aromatic carbocycles. The van der Waals surface area contributed by atoms with Gasteiger partial charge in [-0.3, -0.25) is 4.79 Å². The Morgan fingerprint density at radius 2 is 1.74 bits per heavy atom. The smallest absolute Gasteiger partial charge is 0.265 e. The summed E-state index contributed by atoms with van der Waals surface area (Å²) in [5.74, 6) is -0.268. The van der Waals surface area contributed by atoms with Crippen molar-refractivity contribution in [1.82, 2.24) is 0 Å². The number of nitrogens with one attached hydrogen (secondary N) is 1. The molecular weight excluding hydrogens is 245 g/mol. The second kappa shape index (κ2) is 6.00. The summed E-state index contributed by atoms with van der Waals surface area (Å²) in [6, 6.07) is 15.0. The maximum Gasteiger partial charge on any atom is 0.265 e. The van der Waals surface area contributed by atoms with Crippen LogP contribution in [0.3, 0.4) is 0 Å². The molecule has 0 aromatic heterocycles. The number of ether oxygens (including phenoxy) is 1. The first-order valence-electron chi connectivity index (χ1n) is 5.94. The molecule has 0 unspecified atom stereocenters. The Hall–Kier alpha value is -2.36. The van der Waals surface area contributed by atoms with Crippen LogP contribution >= 0.6 is 0 Å². The molecule has 0 saturated heterocycles. The molecule has 0 aliphatic rings. The van der Waals surface area contributed by atoms with Crippen LogP contribution in [0.4, 0.5) is 10.1 Å². The highest BCUT2D eigenvalue weighted by molar-refractivity contribution is 5.94. The lowest BCUT2D eigenvalue weighted by molar-refractivity contribution is -0.122. The van der Waals surface area contributed by atoms with Gasteiger partial charge in [0, 0.05) is 0 Å². The normalized spacial score (nSPS) is 11.7. The zero-order chi connectivity index (χ0) is 13.7. The van der Waals surface area contributed by atoms with Crippen molar-refractivity contribution in [3.8, 4) is 5.75 Å². The van der Waals surface area contributed by atoms with Gasteiger partial charge in [-0.25, -0.2) is 4.39 Å². The average Bonchev–Trinajstić information content (AvgIpc) is 2.42. The summed E-state index contributed by atoms with van der Waals surface area (Å²) in [6.07, 6.45) is -0.706. The number of halogens is 1. The fourth-order valence-corrected chi connectivity index (χ4v) is 1.55. The van der Waals surface area contributed by atoms with Crippen LogP contribution in [0.5, 0.6) is 5.75 Å². The van der Waals surface area contributed by atoms with Crippen molar-refractivity contribution in [1.29, 1.82) is 0 Å². The minimum Gasteiger partial charge on any atom is -0.481 e. The predicted octanol–water partition coefficient (Wildman–Crippen LogP) is 3.23. The van der Waals surface area contributed by atoms with Crippen LogP contribution in [-0.2, 0) is 4.79 Å².